The largest absolute Gasteiger partial charge is 0.481 e. The second-order valence-electron chi connectivity index (χ2n) is 5.02. The molecule has 1 aromatic rings. The summed E-state index contributed by atoms with van der Waals surface area (Å²) < 4.78 is 0. The number of carbonyl (C=O) groups is 1. The zero-order chi connectivity index (χ0) is 13.1. The molecule has 1 aliphatic carbocycles. The Morgan fingerprint density at radius 2 is 2.06 bits per heavy atom. The number of nitrogens with one attached hydrogen (secondary N) is 1. The number of carboxylic acids is 1. The van der Waals surface area contributed by atoms with Crippen LogP contribution in [0.2, 0.25) is 0 Å². The Bertz CT molecular complexity index is 403. The van der Waals surface area contributed by atoms with Gasteiger partial charge in [0.05, 0.1) is 11.6 Å². The van der Waals surface area contributed by atoms with Gasteiger partial charge in [0.25, 0.3) is 0 Å². The third-order valence-electron chi connectivity index (χ3n) is 3.69. The van der Waals surface area contributed by atoms with Crippen molar-refractivity contribution in [1.82, 2.24) is 10.3 Å². The van der Waals surface area contributed by atoms with Gasteiger partial charge in [-0.3, -0.25) is 4.79 Å². The molecule has 1 saturated carbocycles. The van der Waals surface area contributed by atoms with Crippen molar-refractivity contribution in [1.29, 1.82) is 0 Å². The van der Waals surface area contributed by atoms with Crippen LogP contribution < -0.4 is 5.32 Å². The first-order valence-corrected chi connectivity index (χ1v) is 7.27. The lowest BCUT2D eigenvalue weighted by Crippen LogP contribution is -2.34. The van der Waals surface area contributed by atoms with Crippen LogP contribution in [0.3, 0.4) is 0 Å². The van der Waals surface area contributed by atoms with Crippen LogP contribution in [0.5, 0.6) is 0 Å². The van der Waals surface area contributed by atoms with Crippen LogP contribution >= 0.6 is 11.3 Å². The predicted molar refractivity (Wildman–Crippen MR) is 71.8 cm³/mol. The summed E-state index contributed by atoms with van der Waals surface area (Å²) in [7, 11) is 0. The van der Waals surface area contributed by atoms with Gasteiger partial charge in [0, 0.05) is 17.5 Å². The number of aromatic nitrogens is 1. The summed E-state index contributed by atoms with van der Waals surface area (Å²) in [6.45, 7) is 4.93. The molecule has 0 spiro atoms. The van der Waals surface area contributed by atoms with Gasteiger partial charge >= 0.3 is 5.97 Å². The van der Waals surface area contributed by atoms with Crippen molar-refractivity contribution in [3.05, 3.63) is 15.6 Å². The smallest absolute Gasteiger partial charge is 0.306 e. The van der Waals surface area contributed by atoms with Crippen molar-refractivity contribution in [2.45, 2.75) is 52.1 Å². The van der Waals surface area contributed by atoms with Gasteiger partial charge in [0.15, 0.2) is 0 Å². The average molecular weight is 268 g/mol. The molecule has 18 heavy (non-hydrogen) atoms. The van der Waals surface area contributed by atoms with E-state index in [1.165, 1.54) is 4.88 Å². The Balaban J connectivity index is 1.77. The molecule has 0 saturated heterocycles. The SMILES string of the molecule is Cc1nc(CNC2CCC(C(=O)O)CC2)sc1C. The van der Waals surface area contributed by atoms with Gasteiger partial charge in [-0.2, -0.15) is 0 Å². The standard InChI is InChI=1S/C13H20N2O2S/c1-8-9(2)18-12(15-8)7-14-11-5-3-10(4-6-11)13(16)17/h10-11,14H,3-7H2,1-2H3,(H,16,17). The summed E-state index contributed by atoms with van der Waals surface area (Å²) in [6.07, 6.45) is 3.51. The van der Waals surface area contributed by atoms with E-state index >= 15 is 0 Å². The average Bonchev–Trinajstić information content (AvgIpc) is 2.67. The number of rotatable bonds is 4. The molecule has 100 valence electrons. The van der Waals surface area contributed by atoms with E-state index in [-0.39, 0.29) is 5.92 Å². The maximum absolute atomic E-state index is 10.9. The van der Waals surface area contributed by atoms with E-state index < -0.39 is 5.97 Å². The molecule has 1 heterocycles. The Labute approximate surface area is 111 Å². The number of hydrogen-bond acceptors (Lipinski definition) is 4. The molecule has 0 amide bonds. The molecule has 1 fully saturated rings. The van der Waals surface area contributed by atoms with Crippen LogP contribution in [-0.4, -0.2) is 22.1 Å². The molecule has 0 bridgehead atoms. The fourth-order valence-electron chi connectivity index (χ4n) is 2.39. The van der Waals surface area contributed by atoms with E-state index in [1.807, 2.05) is 6.92 Å². The summed E-state index contributed by atoms with van der Waals surface area (Å²) in [5.41, 5.74) is 1.12. The fraction of sp³-hybridized carbons (Fsp3) is 0.692. The van der Waals surface area contributed by atoms with Gasteiger partial charge in [0.2, 0.25) is 0 Å². The highest BCUT2D eigenvalue weighted by molar-refractivity contribution is 7.11. The van der Waals surface area contributed by atoms with Crippen LogP contribution in [0.25, 0.3) is 0 Å². The van der Waals surface area contributed by atoms with Crippen molar-refractivity contribution in [3.8, 4) is 0 Å². The topological polar surface area (TPSA) is 62.2 Å². The molecular weight excluding hydrogens is 248 g/mol. The van der Waals surface area contributed by atoms with Gasteiger partial charge in [0.1, 0.15) is 5.01 Å². The third-order valence-corrected chi connectivity index (χ3v) is 4.76. The summed E-state index contributed by atoms with van der Waals surface area (Å²) in [4.78, 5) is 16.6. The first-order chi connectivity index (χ1) is 8.56. The first-order valence-electron chi connectivity index (χ1n) is 6.45. The lowest BCUT2D eigenvalue weighted by molar-refractivity contribution is -0.142. The highest BCUT2D eigenvalue weighted by Gasteiger charge is 2.25. The van der Waals surface area contributed by atoms with Crippen LogP contribution in [0.15, 0.2) is 0 Å². The summed E-state index contributed by atoms with van der Waals surface area (Å²) >= 11 is 1.74. The molecule has 0 atom stereocenters. The third kappa shape index (κ3) is 3.29. The molecule has 4 nitrogen and oxygen atoms in total. The van der Waals surface area contributed by atoms with Crippen molar-refractivity contribution in [3.63, 3.8) is 0 Å². The van der Waals surface area contributed by atoms with Crippen molar-refractivity contribution in [2.24, 2.45) is 5.92 Å². The molecule has 2 rings (SSSR count). The second kappa shape index (κ2) is 5.80. The molecule has 0 radical (unpaired) electrons. The maximum atomic E-state index is 10.9. The zero-order valence-corrected chi connectivity index (χ0v) is 11.7. The first kappa shape index (κ1) is 13.5. The van der Waals surface area contributed by atoms with E-state index in [4.69, 9.17) is 5.11 Å². The highest BCUT2D eigenvalue weighted by Crippen LogP contribution is 2.25. The Kier molecular flexibility index (Phi) is 4.35. The van der Waals surface area contributed by atoms with Gasteiger partial charge in [-0.05, 0) is 39.5 Å². The monoisotopic (exact) mass is 268 g/mol. The molecule has 0 aliphatic heterocycles. The highest BCUT2D eigenvalue weighted by atomic mass is 32.1. The number of carboxylic acid groups (broad SMARTS) is 1. The summed E-state index contributed by atoms with van der Waals surface area (Å²) in [5.74, 6) is -0.771. The fourth-order valence-corrected chi connectivity index (χ4v) is 3.28. The maximum Gasteiger partial charge on any atom is 0.306 e. The molecule has 1 aliphatic rings. The molecule has 0 unspecified atom stereocenters. The second-order valence-corrected chi connectivity index (χ2v) is 6.30. The Morgan fingerprint density at radius 1 is 1.39 bits per heavy atom. The van der Waals surface area contributed by atoms with Crippen molar-refractivity contribution >= 4 is 17.3 Å². The van der Waals surface area contributed by atoms with E-state index in [1.54, 1.807) is 11.3 Å². The lowest BCUT2D eigenvalue weighted by atomic mass is 9.86. The van der Waals surface area contributed by atoms with Crippen molar-refractivity contribution in [2.75, 3.05) is 0 Å². The van der Waals surface area contributed by atoms with Gasteiger partial charge < -0.3 is 10.4 Å². The molecule has 2 N–H and O–H groups in total. The summed E-state index contributed by atoms with van der Waals surface area (Å²) in [6, 6.07) is 0.449. The molecule has 5 heteroatoms. The minimum atomic E-state index is -0.639. The number of aliphatic carboxylic acids is 1. The van der Waals surface area contributed by atoms with Gasteiger partial charge in [-0.25, -0.2) is 4.98 Å². The molecular formula is C13H20N2O2S. The van der Waals surface area contributed by atoms with E-state index in [0.29, 0.717) is 6.04 Å². The zero-order valence-electron chi connectivity index (χ0n) is 10.9. The van der Waals surface area contributed by atoms with Crippen LogP contribution in [0.4, 0.5) is 0 Å². The quantitative estimate of drug-likeness (QED) is 0.880. The van der Waals surface area contributed by atoms with Crippen LogP contribution in [0, 0.1) is 19.8 Å². The number of hydrogen-bond donors (Lipinski definition) is 2. The Hall–Kier alpha value is -0.940. The van der Waals surface area contributed by atoms with Gasteiger partial charge in [-0.15, -0.1) is 11.3 Å². The predicted octanol–water partition coefficient (Wildman–Crippen LogP) is 2.49. The number of aryl methyl sites for hydroxylation is 2. The Morgan fingerprint density at radius 3 is 2.56 bits per heavy atom. The number of thiazole rings is 1. The summed E-state index contributed by atoms with van der Waals surface area (Å²) in [5, 5.41) is 13.6. The number of nitrogens with zero attached hydrogens (tertiary/aromatic N) is 1. The van der Waals surface area contributed by atoms with E-state index in [0.717, 1.165) is 42.9 Å². The van der Waals surface area contributed by atoms with E-state index in [2.05, 4.69) is 17.2 Å². The van der Waals surface area contributed by atoms with E-state index in [9.17, 15) is 4.79 Å². The molecule has 1 aromatic heterocycles. The van der Waals surface area contributed by atoms with Crippen molar-refractivity contribution < 1.29 is 9.90 Å². The minimum Gasteiger partial charge on any atom is -0.481 e. The van der Waals surface area contributed by atoms with Crippen LogP contribution in [-0.2, 0) is 11.3 Å². The normalized spacial score (nSPS) is 24.1. The lowest BCUT2D eigenvalue weighted by Gasteiger charge is -2.26. The van der Waals surface area contributed by atoms with Gasteiger partial charge in [-0.1, -0.05) is 0 Å². The molecule has 0 aromatic carbocycles. The minimum absolute atomic E-state index is 0.132. The van der Waals surface area contributed by atoms with Crippen LogP contribution in [0.1, 0.15) is 41.3 Å².